The number of phenols is 1. The fraction of sp³-hybridized carbons (Fsp3) is 0.571. The molecule has 0 aliphatic carbocycles. The molecule has 0 fully saturated rings. The van der Waals surface area contributed by atoms with Gasteiger partial charge in [0.05, 0.1) is 18.0 Å². The Bertz CT molecular complexity index is 547. The second-order valence-electron chi connectivity index (χ2n) is 5.60. The molecule has 0 aliphatic rings. The minimum atomic E-state index is -3.53. The van der Waals surface area contributed by atoms with Crippen LogP contribution in [-0.4, -0.2) is 32.5 Å². The molecule has 0 heterocycles. The van der Waals surface area contributed by atoms with Gasteiger partial charge in [-0.3, -0.25) is 4.72 Å². The van der Waals surface area contributed by atoms with Crippen molar-refractivity contribution < 1.29 is 18.3 Å². The van der Waals surface area contributed by atoms with Crippen LogP contribution in [0, 0.1) is 0 Å². The Labute approximate surface area is 121 Å². The lowest BCUT2D eigenvalue weighted by Gasteiger charge is -2.20. The molecule has 6 heteroatoms. The van der Waals surface area contributed by atoms with Crippen LogP contribution >= 0.6 is 0 Å². The van der Waals surface area contributed by atoms with E-state index in [1.165, 1.54) is 6.07 Å². The fourth-order valence-corrected chi connectivity index (χ4v) is 2.55. The Morgan fingerprint density at radius 1 is 1.30 bits per heavy atom. The van der Waals surface area contributed by atoms with Crippen molar-refractivity contribution in [3.63, 3.8) is 0 Å². The van der Waals surface area contributed by atoms with Gasteiger partial charge >= 0.3 is 0 Å². The number of aromatic hydroxyl groups is 1. The van der Waals surface area contributed by atoms with Crippen molar-refractivity contribution in [2.75, 3.05) is 23.7 Å². The molecule has 0 aromatic heterocycles. The summed E-state index contributed by atoms with van der Waals surface area (Å²) >= 11 is 0. The van der Waals surface area contributed by atoms with Gasteiger partial charge in [-0.05, 0) is 30.0 Å². The summed E-state index contributed by atoms with van der Waals surface area (Å²) in [6.45, 7) is 8.47. The first-order valence-corrected chi connectivity index (χ1v) is 8.22. The molecule has 1 rings (SSSR count). The average Bonchev–Trinajstić information content (AvgIpc) is 2.30. The largest absolute Gasteiger partial charge is 0.506 e. The summed E-state index contributed by atoms with van der Waals surface area (Å²) in [4.78, 5) is 0. The summed E-state index contributed by atoms with van der Waals surface area (Å²) in [6, 6.07) is 4.95. The van der Waals surface area contributed by atoms with Crippen LogP contribution in [0.15, 0.2) is 18.2 Å². The quantitative estimate of drug-likeness (QED) is 0.625. The second-order valence-corrected chi connectivity index (χ2v) is 7.44. The van der Waals surface area contributed by atoms with Crippen molar-refractivity contribution in [2.45, 2.75) is 33.1 Å². The molecule has 0 amide bonds. The van der Waals surface area contributed by atoms with E-state index in [1.54, 1.807) is 19.1 Å². The highest BCUT2D eigenvalue weighted by Gasteiger charge is 2.18. The van der Waals surface area contributed by atoms with Crippen LogP contribution in [0.1, 0.15) is 33.3 Å². The molecule has 5 nitrogen and oxygen atoms in total. The van der Waals surface area contributed by atoms with E-state index in [0.717, 1.165) is 5.56 Å². The van der Waals surface area contributed by atoms with E-state index in [2.05, 4.69) is 4.72 Å². The number of hydrogen-bond donors (Lipinski definition) is 2. The number of sulfonamides is 1. The lowest BCUT2D eigenvalue weighted by Crippen LogP contribution is -2.21. The molecule has 0 saturated heterocycles. The van der Waals surface area contributed by atoms with Crippen LogP contribution in [0.4, 0.5) is 5.69 Å². The topological polar surface area (TPSA) is 75.6 Å². The zero-order valence-electron chi connectivity index (χ0n) is 12.4. The minimum Gasteiger partial charge on any atom is -0.506 e. The highest BCUT2D eigenvalue weighted by atomic mass is 32.2. The third-order valence-electron chi connectivity index (χ3n) is 2.83. The van der Waals surface area contributed by atoms with Crippen LogP contribution in [0.25, 0.3) is 0 Å². The smallest absolute Gasteiger partial charge is 0.235 e. The molecule has 114 valence electrons. The number of phenolic OH excluding ortho intramolecular Hbond substituents is 1. The second kappa shape index (κ2) is 6.45. The molecule has 0 saturated carbocycles. The Kier molecular flexibility index (Phi) is 5.42. The van der Waals surface area contributed by atoms with Crippen molar-refractivity contribution in [2.24, 2.45) is 0 Å². The molecule has 1 aromatic carbocycles. The molecule has 0 spiro atoms. The van der Waals surface area contributed by atoms with E-state index in [-0.39, 0.29) is 29.2 Å². The Morgan fingerprint density at radius 2 is 1.95 bits per heavy atom. The number of nitrogens with one attached hydrogen (secondary N) is 1. The lowest BCUT2D eigenvalue weighted by molar-refractivity contribution is 0.163. The number of benzene rings is 1. The van der Waals surface area contributed by atoms with E-state index in [9.17, 15) is 13.5 Å². The van der Waals surface area contributed by atoms with E-state index in [0.29, 0.717) is 6.61 Å². The Morgan fingerprint density at radius 3 is 2.50 bits per heavy atom. The van der Waals surface area contributed by atoms with Crippen molar-refractivity contribution in [1.82, 2.24) is 0 Å². The summed E-state index contributed by atoms with van der Waals surface area (Å²) in [6.07, 6.45) is 0. The van der Waals surface area contributed by atoms with E-state index >= 15 is 0 Å². The highest BCUT2D eigenvalue weighted by molar-refractivity contribution is 7.92. The molecule has 20 heavy (non-hydrogen) atoms. The maximum atomic E-state index is 11.9. The van der Waals surface area contributed by atoms with Crippen LogP contribution in [0.2, 0.25) is 0 Å². The first kappa shape index (κ1) is 16.8. The number of rotatable bonds is 6. The van der Waals surface area contributed by atoms with Gasteiger partial charge < -0.3 is 9.84 Å². The normalized spacial score (nSPS) is 12.4. The predicted octanol–water partition coefficient (Wildman–Crippen LogP) is 2.47. The predicted molar refractivity (Wildman–Crippen MR) is 80.7 cm³/mol. The molecule has 2 N–H and O–H groups in total. The summed E-state index contributed by atoms with van der Waals surface area (Å²) in [7, 11) is -3.53. The van der Waals surface area contributed by atoms with Gasteiger partial charge in [0.15, 0.2) is 0 Å². The van der Waals surface area contributed by atoms with Crippen molar-refractivity contribution in [3.8, 4) is 5.75 Å². The molecule has 0 aliphatic heterocycles. The molecule has 1 aromatic rings. The van der Waals surface area contributed by atoms with Gasteiger partial charge in [-0.15, -0.1) is 0 Å². The molecule has 0 atom stereocenters. The van der Waals surface area contributed by atoms with Crippen molar-refractivity contribution >= 4 is 15.7 Å². The van der Waals surface area contributed by atoms with Crippen molar-refractivity contribution in [3.05, 3.63) is 23.8 Å². The molecule has 0 bridgehead atoms. The van der Waals surface area contributed by atoms with Gasteiger partial charge in [0, 0.05) is 6.61 Å². The van der Waals surface area contributed by atoms with Gasteiger partial charge in [0.1, 0.15) is 5.75 Å². The first-order chi connectivity index (χ1) is 9.15. The van der Waals surface area contributed by atoms with E-state index in [1.807, 2.05) is 20.8 Å². The first-order valence-electron chi connectivity index (χ1n) is 6.57. The summed E-state index contributed by atoms with van der Waals surface area (Å²) < 4.78 is 31.2. The lowest BCUT2D eigenvalue weighted by atomic mass is 9.87. The summed E-state index contributed by atoms with van der Waals surface area (Å²) in [5.41, 5.74) is 1.02. The zero-order chi connectivity index (χ0) is 15.4. The fourth-order valence-electron chi connectivity index (χ4n) is 1.62. The molecular formula is C14H23NO4S. The van der Waals surface area contributed by atoms with Crippen molar-refractivity contribution in [1.29, 1.82) is 0 Å². The molecule has 0 radical (unpaired) electrons. The van der Waals surface area contributed by atoms with Gasteiger partial charge in [-0.2, -0.15) is 0 Å². The maximum Gasteiger partial charge on any atom is 0.235 e. The molecule has 0 unspecified atom stereocenters. The highest BCUT2D eigenvalue weighted by Crippen LogP contribution is 2.31. The van der Waals surface area contributed by atoms with Crippen LogP contribution in [0.5, 0.6) is 5.75 Å². The van der Waals surface area contributed by atoms with Gasteiger partial charge in [0.2, 0.25) is 10.0 Å². The third kappa shape index (κ3) is 5.02. The molecular weight excluding hydrogens is 278 g/mol. The standard InChI is InChI=1S/C14H23NO4S/c1-5-19-8-9-20(17,18)15-12-10-11(14(2,3)4)6-7-13(12)16/h6-7,10,15-16H,5,8-9H2,1-4H3. The number of ether oxygens (including phenoxy) is 1. The Balaban J connectivity index is 2.91. The van der Waals surface area contributed by atoms with Crippen LogP contribution in [-0.2, 0) is 20.2 Å². The number of hydrogen-bond acceptors (Lipinski definition) is 4. The van der Waals surface area contributed by atoms with E-state index in [4.69, 9.17) is 4.74 Å². The minimum absolute atomic E-state index is 0.0852. The van der Waals surface area contributed by atoms with Gasteiger partial charge in [-0.25, -0.2) is 8.42 Å². The van der Waals surface area contributed by atoms with Gasteiger partial charge in [0.25, 0.3) is 0 Å². The summed E-state index contributed by atoms with van der Waals surface area (Å²) in [5, 5.41) is 9.78. The maximum absolute atomic E-state index is 11.9. The van der Waals surface area contributed by atoms with Gasteiger partial charge in [-0.1, -0.05) is 26.8 Å². The van der Waals surface area contributed by atoms with E-state index < -0.39 is 10.0 Å². The Hall–Kier alpha value is -1.27. The summed E-state index contributed by atoms with van der Waals surface area (Å²) in [5.74, 6) is -0.224. The van der Waals surface area contributed by atoms with Crippen LogP contribution < -0.4 is 4.72 Å². The zero-order valence-corrected chi connectivity index (χ0v) is 13.3. The third-order valence-corrected chi connectivity index (χ3v) is 4.06. The monoisotopic (exact) mass is 301 g/mol. The van der Waals surface area contributed by atoms with Crippen LogP contribution in [0.3, 0.4) is 0 Å². The SMILES string of the molecule is CCOCCS(=O)(=O)Nc1cc(C(C)(C)C)ccc1O. The number of anilines is 1. The average molecular weight is 301 g/mol.